The first-order valence-corrected chi connectivity index (χ1v) is 9.69. The van der Waals surface area contributed by atoms with Crippen molar-refractivity contribution in [3.05, 3.63) is 54.4 Å². The van der Waals surface area contributed by atoms with Crippen molar-refractivity contribution in [2.75, 3.05) is 37.6 Å². The second-order valence-corrected chi connectivity index (χ2v) is 7.58. The van der Waals surface area contributed by atoms with Crippen LogP contribution in [0.25, 0.3) is 0 Å². The molecule has 8 heteroatoms. The van der Waals surface area contributed by atoms with E-state index in [1.54, 1.807) is 30.3 Å². The molecule has 2 fully saturated rings. The second-order valence-electron chi connectivity index (χ2n) is 7.58. The molecule has 3 amide bonds. The molecule has 1 aromatic carbocycles. The number of imide groups is 1. The number of carbonyl (C=O) groups is 3. The Bertz CT molecular complexity index is 912. The van der Waals surface area contributed by atoms with E-state index in [1.165, 1.54) is 0 Å². The summed E-state index contributed by atoms with van der Waals surface area (Å²) in [5, 5.41) is 0. The number of piperazine rings is 1. The largest absolute Gasteiger partial charge is 0.338 e. The number of amides is 3. The second kappa shape index (κ2) is 7.62. The summed E-state index contributed by atoms with van der Waals surface area (Å²) in [5.74, 6) is -0.176. The Kier molecular flexibility index (Phi) is 5.00. The van der Waals surface area contributed by atoms with Crippen molar-refractivity contribution < 1.29 is 14.4 Å². The molecule has 2 aliphatic rings. The Morgan fingerprint density at radius 2 is 1.66 bits per heavy atom. The van der Waals surface area contributed by atoms with Gasteiger partial charge >= 0.3 is 0 Å². The molecule has 3 heterocycles. The van der Waals surface area contributed by atoms with Crippen LogP contribution in [0.1, 0.15) is 18.9 Å². The molecule has 0 spiro atoms. The Morgan fingerprint density at radius 1 is 1.00 bits per heavy atom. The van der Waals surface area contributed by atoms with Gasteiger partial charge in [0.05, 0.1) is 5.41 Å². The predicted molar refractivity (Wildman–Crippen MR) is 106 cm³/mol. The van der Waals surface area contributed by atoms with Gasteiger partial charge < -0.3 is 9.80 Å². The highest BCUT2D eigenvalue weighted by Crippen LogP contribution is 2.36. The monoisotopic (exact) mass is 393 g/mol. The van der Waals surface area contributed by atoms with Crippen molar-refractivity contribution in [3.8, 4) is 0 Å². The summed E-state index contributed by atoms with van der Waals surface area (Å²) in [4.78, 5) is 51.6. The summed E-state index contributed by atoms with van der Waals surface area (Å²) >= 11 is 0. The fraction of sp³-hybridized carbons (Fsp3) is 0.381. The molecule has 2 aliphatic heterocycles. The SMILES string of the molecule is CC1(c2ccccc2)CC(=O)N(CC(=O)N2CCN(c3ncccn3)CC2)C1=O. The zero-order valence-electron chi connectivity index (χ0n) is 16.3. The number of aromatic nitrogens is 2. The number of carbonyl (C=O) groups excluding carboxylic acids is 3. The summed E-state index contributed by atoms with van der Waals surface area (Å²) in [6.07, 6.45) is 3.46. The van der Waals surface area contributed by atoms with Crippen LogP contribution in [-0.4, -0.2) is 70.2 Å². The van der Waals surface area contributed by atoms with Gasteiger partial charge in [0.1, 0.15) is 6.54 Å². The molecule has 0 aliphatic carbocycles. The third-order valence-corrected chi connectivity index (χ3v) is 5.69. The number of anilines is 1. The average molecular weight is 393 g/mol. The van der Waals surface area contributed by atoms with Crippen LogP contribution in [0, 0.1) is 0 Å². The zero-order valence-corrected chi connectivity index (χ0v) is 16.3. The smallest absolute Gasteiger partial charge is 0.242 e. The van der Waals surface area contributed by atoms with Gasteiger partial charge in [-0.1, -0.05) is 30.3 Å². The molecule has 1 aromatic heterocycles. The van der Waals surface area contributed by atoms with E-state index in [9.17, 15) is 14.4 Å². The van der Waals surface area contributed by atoms with E-state index in [0.717, 1.165) is 10.5 Å². The quantitative estimate of drug-likeness (QED) is 0.716. The normalized spacial score (nSPS) is 22.3. The number of likely N-dealkylation sites (tertiary alicyclic amines) is 1. The van der Waals surface area contributed by atoms with E-state index in [2.05, 4.69) is 9.97 Å². The zero-order chi connectivity index (χ0) is 20.4. The highest BCUT2D eigenvalue weighted by Gasteiger charge is 2.49. The van der Waals surface area contributed by atoms with E-state index >= 15 is 0 Å². The summed E-state index contributed by atoms with van der Waals surface area (Å²) in [7, 11) is 0. The number of hydrogen-bond donors (Lipinski definition) is 0. The Balaban J connectivity index is 1.39. The maximum atomic E-state index is 13.0. The van der Waals surface area contributed by atoms with Crippen LogP contribution in [0.2, 0.25) is 0 Å². The predicted octanol–water partition coefficient (Wildman–Crippen LogP) is 0.842. The van der Waals surface area contributed by atoms with E-state index in [1.807, 2.05) is 35.2 Å². The van der Waals surface area contributed by atoms with Crippen LogP contribution in [0.3, 0.4) is 0 Å². The summed E-state index contributed by atoms with van der Waals surface area (Å²) in [5.41, 5.74) is -0.119. The van der Waals surface area contributed by atoms with E-state index in [-0.39, 0.29) is 30.7 Å². The summed E-state index contributed by atoms with van der Waals surface area (Å²) in [6.45, 7) is 3.79. The molecule has 150 valence electrons. The van der Waals surface area contributed by atoms with Crippen LogP contribution in [0.15, 0.2) is 48.8 Å². The highest BCUT2D eigenvalue weighted by atomic mass is 16.2. The third-order valence-electron chi connectivity index (χ3n) is 5.69. The van der Waals surface area contributed by atoms with Crippen molar-refractivity contribution in [3.63, 3.8) is 0 Å². The van der Waals surface area contributed by atoms with Gasteiger partial charge in [-0.2, -0.15) is 0 Å². The minimum absolute atomic E-state index is 0.0856. The van der Waals surface area contributed by atoms with Crippen molar-refractivity contribution >= 4 is 23.7 Å². The van der Waals surface area contributed by atoms with Gasteiger partial charge in [-0.05, 0) is 18.6 Å². The summed E-state index contributed by atoms with van der Waals surface area (Å²) < 4.78 is 0. The third kappa shape index (κ3) is 3.57. The Hall–Kier alpha value is -3.29. The minimum Gasteiger partial charge on any atom is -0.338 e. The van der Waals surface area contributed by atoms with Gasteiger partial charge in [0.2, 0.25) is 23.7 Å². The van der Waals surface area contributed by atoms with Gasteiger partial charge in [-0.3, -0.25) is 19.3 Å². The topological polar surface area (TPSA) is 86.7 Å². The number of hydrogen-bond acceptors (Lipinski definition) is 6. The van der Waals surface area contributed by atoms with Gasteiger partial charge in [0.15, 0.2) is 0 Å². The lowest BCUT2D eigenvalue weighted by Crippen LogP contribution is -2.52. The maximum Gasteiger partial charge on any atom is 0.242 e. The number of nitrogens with zero attached hydrogens (tertiary/aromatic N) is 5. The lowest BCUT2D eigenvalue weighted by Gasteiger charge is -2.35. The molecule has 29 heavy (non-hydrogen) atoms. The van der Waals surface area contributed by atoms with Gasteiger partial charge in [-0.15, -0.1) is 0 Å². The fourth-order valence-corrected chi connectivity index (χ4v) is 3.92. The molecule has 8 nitrogen and oxygen atoms in total. The first kappa shape index (κ1) is 19.0. The maximum absolute atomic E-state index is 13.0. The first-order chi connectivity index (χ1) is 14.0. The van der Waals surface area contributed by atoms with Gasteiger partial charge in [0.25, 0.3) is 0 Å². The standard InChI is InChI=1S/C21H23N5O3/c1-21(16-6-3-2-4-7-16)14-17(27)26(19(21)29)15-18(28)24-10-12-25(13-11-24)20-22-8-5-9-23-20/h2-9H,10-15H2,1H3. The molecule has 1 atom stereocenters. The van der Waals surface area contributed by atoms with Crippen LogP contribution in [0.5, 0.6) is 0 Å². The molecule has 0 radical (unpaired) electrons. The minimum atomic E-state index is -0.915. The molecule has 0 N–H and O–H groups in total. The fourth-order valence-electron chi connectivity index (χ4n) is 3.92. The number of rotatable bonds is 4. The molecule has 0 saturated carbocycles. The van der Waals surface area contributed by atoms with Crippen molar-refractivity contribution in [2.24, 2.45) is 0 Å². The van der Waals surface area contributed by atoms with Gasteiger partial charge in [-0.25, -0.2) is 9.97 Å². The van der Waals surface area contributed by atoms with Crippen LogP contribution < -0.4 is 4.90 Å². The van der Waals surface area contributed by atoms with Crippen molar-refractivity contribution in [1.29, 1.82) is 0 Å². The average Bonchev–Trinajstić information content (AvgIpc) is 2.99. The first-order valence-electron chi connectivity index (χ1n) is 9.69. The van der Waals surface area contributed by atoms with Crippen LogP contribution in [0.4, 0.5) is 5.95 Å². The van der Waals surface area contributed by atoms with Crippen LogP contribution >= 0.6 is 0 Å². The molecular formula is C21H23N5O3. The van der Waals surface area contributed by atoms with E-state index < -0.39 is 5.41 Å². The summed E-state index contributed by atoms with van der Waals surface area (Å²) in [6, 6.07) is 11.0. The number of benzene rings is 1. The molecule has 2 saturated heterocycles. The van der Waals surface area contributed by atoms with Crippen LogP contribution in [-0.2, 0) is 19.8 Å². The molecule has 0 bridgehead atoms. The lowest BCUT2D eigenvalue weighted by molar-refractivity contribution is -0.146. The molecule has 2 aromatic rings. The van der Waals surface area contributed by atoms with Crippen molar-refractivity contribution in [1.82, 2.24) is 19.8 Å². The van der Waals surface area contributed by atoms with E-state index in [4.69, 9.17) is 0 Å². The Morgan fingerprint density at radius 3 is 2.31 bits per heavy atom. The Labute approximate surface area is 169 Å². The van der Waals surface area contributed by atoms with Crippen molar-refractivity contribution in [2.45, 2.75) is 18.8 Å². The molecule has 1 unspecified atom stereocenters. The lowest BCUT2D eigenvalue weighted by atomic mass is 9.81. The highest BCUT2D eigenvalue weighted by molar-refractivity contribution is 6.10. The molecular weight excluding hydrogens is 370 g/mol. The van der Waals surface area contributed by atoms with Gasteiger partial charge in [0, 0.05) is 45.0 Å². The van der Waals surface area contributed by atoms with E-state index in [0.29, 0.717) is 32.1 Å². The molecule has 4 rings (SSSR count).